The van der Waals surface area contributed by atoms with Gasteiger partial charge in [-0.2, -0.15) is 0 Å². The summed E-state index contributed by atoms with van der Waals surface area (Å²) in [5, 5.41) is 8.88. The molecule has 0 saturated heterocycles. The molecule has 0 fully saturated rings. The second-order valence-electron chi connectivity index (χ2n) is 3.22. The Bertz CT molecular complexity index is 333. The van der Waals surface area contributed by atoms with E-state index in [2.05, 4.69) is 15.9 Å². The van der Waals surface area contributed by atoms with Gasteiger partial charge >= 0.3 is 0 Å². The molecule has 0 bridgehead atoms. The molecular weight excluding hydrogens is 268 g/mol. The maximum atomic E-state index is 12.2. The zero-order chi connectivity index (χ0) is 11.4. The zero-order valence-corrected chi connectivity index (χ0v) is 9.84. The van der Waals surface area contributed by atoms with E-state index in [1.165, 1.54) is 4.90 Å². The van der Waals surface area contributed by atoms with E-state index < -0.39 is 6.43 Å². The van der Waals surface area contributed by atoms with Gasteiger partial charge in [-0.3, -0.25) is 0 Å². The highest BCUT2D eigenvalue weighted by atomic mass is 79.9. The maximum Gasteiger partial charge on any atom is 0.255 e. The largest absolute Gasteiger partial charge is 0.392 e. The van der Waals surface area contributed by atoms with E-state index in [0.29, 0.717) is 10.2 Å². The molecule has 0 aliphatic rings. The van der Waals surface area contributed by atoms with Crippen LogP contribution in [0.4, 0.5) is 14.5 Å². The number of nitrogens with zero attached hydrogens (tertiary/aromatic N) is 1. The fourth-order valence-corrected chi connectivity index (χ4v) is 1.99. The van der Waals surface area contributed by atoms with E-state index in [0.717, 1.165) is 5.56 Å². The van der Waals surface area contributed by atoms with Gasteiger partial charge in [0.05, 0.1) is 18.8 Å². The van der Waals surface area contributed by atoms with Gasteiger partial charge in [0.1, 0.15) is 0 Å². The van der Waals surface area contributed by atoms with Crippen LogP contribution >= 0.6 is 15.9 Å². The lowest BCUT2D eigenvalue weighted by Gasteiger charge is -2.20. The Morgan fingerprint density at radius 3 is 2.60 bits per heavy atom. The minimum Gasteiger partial charge on any atom is -0.392 e. The van der Waals surface area contributed by atoms with Crippen molar-refractivity contribution >= 4 is 21.6 Å². The van der Waals surface area contributed by atoms with Gasteiger partial charge in [0, 0.05) is 11.5 Å². The molecule has 1 aromatic rings. The Kier molecular flexibility index (Phi) is 4.47. The maximum absolute atomic E-state index is 12.2. The van der Waals surface area contributed by atoms with Crippen molar-refractivity contribution in [1.82, 2.24) is 0 Å². The molecule has 0 saturated carbocycles. The lowest BCUT2D eigenvalue weighted by molar-refractivity contribution is 0.156. The third-order valence-electron chi connectivity index (χ3n) is 2.02. The number of halogens is 3. The van der Waals surface area contributed by atoms with E-state index in [-0.39, 0.29) is 13.2 Å². The summed E-state index contributed by atoms with van der Waals surface area (Å²) in [6.07, 6.45) is -2.36. The summed E-state index contributed by atoms with van der Waals surface area (Å²) in [4.78, 5) is 1.47. The van der Waals surface area contributed by atoms with Gasteiger partial charge in [-0.05, 0) is 33.6 Å². The van der Waals surface area contributed by atoms with Crippen LogP contribution in [0.25, 0.3) is 0 Å². The van der Waals surface area contributed by atoms with Crippen LogP contribution < -0.4 is 4.90 Å². The standard InChI is InChI=1S/C10H12BrF2NO/c1-14(5-10(12)13)9-3-2-7(6-15)4-8(9)11/h2-4,10,15H,5-6H2,1H3. The van der Waals surface area contributed by atoms with Crippen LogP contribution in [-0.2, 0) is 6.61 Å². The lowest BCUT2D eigenvalue weighted by atomic mass is 10.2. The molecule has 5 heteroatoms. The van der Waals surface area contributed by atoms with Crippen LogP contribution in [0.2, 0.25) is 0 Å². The quantitative estimate of drug-likeness (QED) is 0.916. The monoisotopic (exact) mass is 279 g/mol. The molecule has 15 heavy (non-hydrogen) atoms. The first kappa shape index (κ1) is 12.4. The van der Waals surface area contributed by atoms with Gasteiger partial charge in [-0.15, -0.1) is 0 Å². The number of anilines is 1. The zero-order valence-electron chi connectivity index (χ0n) is 8.25. The molecule has 84 valence electrons. The number of benzene rings is 1. The van der Waals surface area contributed by atoms with Crippen molar-refractivity contribution in [3.63, 3.8) is 0 Å². The molecule has 2 nitrogen and oxygen atoms in total. The highest BCUT2D eigenvalue weighted by molar-refractivity contribution is 9.10. The summed E-state index contributed by atoms with van der Waals surface area (Å²) < 4.78 is 25.0. The van der Waals surface area contributed by atoms with Crippen LogP contribution in [0.15, 0.2) is 22.7 Å². The number of hydrogen-bond acceptors (Lipinski definition) is 2. The second kappa shape index (κ2) is 5.42. The van der Waals surface area contributed by atoms with Gasteiger partial charge in [-0.25, -0.2) is 8.78 Å². The molecule has 0 spiro atoms. The molecule has 0 radical (unpaired) electrons. The van der Waals surface area contributed by atoms with Crippen molar-refractivity contribution in [3.8, 4) is 0 Å². The van der Waals surface area contributed by atoms with Crippen LogP contribution in [-0.4, -0.2) is 25.1 Å². The number of hydrogen-bond donors (Lipinski definition) is 1. The van der Waals surface area contributed by atoms with Crippen LogP contribution in [0.5, 0.6) is 0 Å². The Balaban J connectivity index is 2.85. The molecular formula is C10H12BrF2NO. The summed E-state index contributed by atoms with van der Waals surface area (Å²) in [7, 11) is 1.60. The van der Waals surface area contributed by atoms with Crippen molar-refractivity contribution in [1.29, 1.82) is 0 Å². The highest BCUT2D eigenvalue weighted by Crippen LogP contribution is 2.26. The first-order valence-electron chi connectivity index (χ1n) is 4.43. The van der Waals surface area contributed by atoms with E-state index in [1.807, 2.05) is 0 Å². The summed E-state index contributed by atoms with van der Waals surface area (Å²) >= 11 is 3.28. The van der Waals surface area contributed by atoms with Gasteiger partial charge in [-0.1, -0.05) is 6.07 Å². The summed E-state index contributed by atoms with van der Waals surface area (Å²) in [5.74, 6) is 0. The highest BCUT2D eigenvalue weighted by Gasteiger charge is 2.11. The summed E-state index contributed by atoms with van der Waals surface area (Å²) in [5.41, 5.74) is 1.43. The topological polar surface area (TPSA) is 23.5 Å². The van der Waals surface area contributed by atoms with Crippen molar-refractivity contribution in [2.24, 2.45) is 0 Å². The third-order valence-corrected chi connectivity index (χ3v) is 2.65. The number of aliphatic hydroxyl groups is 1. The molecule has 0 aliphatic carbocycles. The molecule has 0 unspecified atom stereocenters. The molecule has 1 aromatic carbocycles. The molecule has 0 aromatic heterocycles. The predicted molar refractivity (Wildman–Crippen MR) is 59.3 cm³/mol. The fraction of sp³-hybridized carbons (Fsp3) is 0.400. The van der Waals surface area contributed by atoms with Gasteiger partial charge in [0.2, 0.25) is 0 Å². The molecule has 0 atom stereocenters. The third kappa shape index (κ3) is 3.43. The summed E-state index contributed by atoms with van der Waals surface area (Å²) in [6, 6.07) is 5.14. The first-order valence-corrected chi connectivity index (χ1v) is 5.22. The number of aliphatic hydroxyl groups excluding tert-OH is 1. The smallest absolute Gasteiger partial charge is 0.255 e. The number of rotatable bonds is 4. The summed E-state index contributed by atoms with van der Waals surface area (Å²) in [6.45, 7) is -0.367. The Hall–Kier alpha value is -0.680. The van der Waals surface area contributed by atoms with E-state index >= 15 is 0 Å². The Morgan fingerprint density at radius 2 is 2.13 bits per heavy atom. The van der Waals surface area contributed by atoms with E-state index in [1.54, 1.807) is 25.2 Å². The van der Waals surface area contributed by atoms with Gasteiger partial charge in [0.25, 0.3) is 6.43 Å². The molecule has 1 N–H and O–H groups in total. The molecule has 0 heterocycles. The van der Waals surface area contributed by atoms with Crippen molar-refractivity contribution in [2.75, 3.05) is 18.5 Å². The Morgan fingerprint density at radius 1 is 1.47 bits per heavy atom. The van der Waals surface area contributed by atoms with Crippen LogP contribution in [0, 0.1) is 0 Å². The normalized spacial score (nSPS) is 10.8. The van der Waals surface area contributed by atoms with Crippen LogP contribution in [0.1, 0.15) is 5.56 Å². The van der Waals surface area contributed by atoms with Crippen molar-refractivity contribution in [3.05, 3.63) is 28.2 Å². The fourth-order valence-electron chi connectivity index (χ4n) is 1.26. The minimum atomic E-state index is -2.36. The average molecular weight is 280 g/mol. The molecule has 0 amide bonds. The molecule has 0 aliphatic heterocycles. The second-order valence-corrected chi connectivity index (χ2v) is 4.07. The van der Waals surface area contributed by atoms with Crippen LogP contribution in [0.3, 0.4) is 0 Å². The lowest BCUT2D eigenvalue weighted by Crippen LogP contribution is -2.24. The SMILES string of the molecule is CN(CC(F)F)c1ccc(CO)cc1Br. The van der Waals surface area contributed by atoms with E-state index in [4.69, 9.17) is 5.11 Å². The average Bonchev–Trinajstić information content (AvgIpc) is 2.16. The van der Waals surface area contributed by atoms with Crippen molar-refractivity contribution in [2.45, 2.75) is 13.0 Å². The van der Waals surface area contributed by atoms with Gasteiger partial charge in [0.15, 0.2) is 0 Å². The predicted octanol–water partition coefficient (Wildman–Crippen LogP) is 2.64. The number of alkyl halides is 2. The Labute approximate surface area is 95.6 Å². The minimum absolute atomic E-state index is 0.0581. The van der Waals surface area contributed by atoms with E-state index in [9.17, 15) is 8.78 Å². The first-order chi connectivity index (χ1) is 7.04. The van der Waals surface area contributed by atoms with Gasteiger partial charge < -0.3 is 10.0 Å². The molecule has 1 rings (SSSR count). The van der Waals surface area contributed by atoms with Crippen molar-refractivity contribution < 1.29 is 13.9 Å².